The lowest BCUT2D eigenvalue weighted by molar-refractivity contribution is 1.67. The molecule has 0 atom stereocenters. The minimum absolute atomic E-state index is 1.25. The minimum Gasteiger partial charge on any atom is -0.195 e. The molecule has 0 aliphatic carbocycles. The first-order valence-electron chi connectivity index (χ1n) is 11.5. The molecule has 4 rings (SSSR count). The molecular formula is C28H30BCl2Si2-. The fourth-order valence-corrected chi connectivity index (χ4v) is 7.65. The molecule has 4 aromatic rings. The Morgan fingerprint density at radius 3 is 0.970 bits per heavy atom. The Hall–Kier alpha value is -2.04. The Morgan fingerprint density at radius 1 is 0.424 bits per heavy atom. The van der Waals surface area contributed by atoms with E-state index < -0.39 is 20.9 Å². The highest BCUT2D eigenvalue weighted by molar-refractivity contribution is 7.26. The van der Waals surface area contributed by atoms with Crippen LogP contribution in [0.3, 0.4) is 0 Å². The van der Waals surface area contributed by atoms with Crippen LogP contribution in [0.25, 0.3) is 0 Å². The number of hydrogen-bond donors (Lipinski definition) is 0. The predicted molar refractivity (Wildman–Crippen MR) is 156 cm³/mol. The first-order valence-corrected chi connectivity index (χ1v) is 19.5. The SMILES string of the molecule is C[Si](C)(Cl)c1ccc([B-](c2ccccc2)(c2ccccc2)c2ccc([Si](C)(C)Cl)cc2)cc1. The van der Waals surface area contributed by atoms with Crippen molar-refractivity contribution in [1.29, 1.82) is 0 Å². The average Bonchev–Trinajstić information content (AvgIpc) is 2.81. The number of halogens is 2. The van der Waals surface area contributed by atoms with Gasteiger partial charge in [-0.05, 0) is 10.4 Å². The molecule has 0 bridgehead atoms. The summed E-state index contributed by atoms with van der Waals surface area (Å²) in [7, 11) is -3.83. The van der Waals surface area contributed by atoms with Crippen LogP contribution in [-0.4, -0.2) is 20.9 Å². The summed E-state index contributed by atoms with van der Waals surface area (Å²) in [4.78, 5) is 0. The zero-order chi connectivity index (χ0) is 23.7. The minimum atomic E-state index is -1.91. The first kappa shape index (κ1) is 24.1. The van der Waals surface area contributed by atoms with Gasteiger partial charge < -0.3 is 0 Å². The van der Waals surface area contributed by atoms with Crippen molar-refractivity contribution in [3.8, 4) is 0 Å². The molecular weight excluding hydrogens is 474 g/mol. The van der Waals surface area contributed by atoms with Crippen molar-refractivity contribution in [3.63, 3.8) is 0 Å². The van der Waals surface area contributed by atoms with Gasteiger partial charge in [0.15, 0.2) is 14.8 Å². The quantitative estimate of drug-likeness (QED) is 0.271. The third-order valence-electron chi connectivity index (χ3n) is 6.79. The highest BCUT2D eigenvalue weighted by Gasteiger charge is 2.32. The second-order valence-corrected chi connectivity index (χ2v) is 22.6. The Kier molecular flexibility index (Phi) is 6.79. The van der Waals surface area contributed by atoms with Crippen molar-refractivity contribution in [3.05, 3.63) is 109 Å². The van der Waals surface area contributed by atoms with E-state index in [9.17, 15) is 0 Å². The summed E-state index contributed by atoms with van der Waals surface area (Å²) in [6, 6.07) is 39.9. The monoisotopic (exact) mass is 503 g/mol. The van der Waals surface area contributed by atoms with Crippen LogP contribution in [-0.2, 0) is 0 Å². The molecule has 0 nitrogen and oxygen atoms in total. The van der Waals surface area contributed by atoms with Crippen molar-refractivity contribution in [1.82, 2.24) is 0 Å². The molecule has 0 saturated carbocycles. The van der Waals surface area contributed by atoms with Gasteiger partial charge in [0.25, 0.3) is 0 Å². The maximum Gasteiger partial charge on any atom is 0.180 e. The predicted octanol–water partition coefficient (Wildman–Crippen LogP) is 4.37. The van der Waals surface area contributed by atoms with E-state index in [4.69, 9.17) is 22.2 Å². The molecule has 0 N–H and O–H groups in total. The van der Waals surface area contributed by atoms with E-state index in [2.05, 4.69) is 135 Å². The van der Waals surface area contributed by atoms with Crippen molar-refractivity contribution < 1.29 is 0 Å². The molecule has 168 valence electrons. The maximum absolute atomic E-state index is 6.77. The van der Waals surface area contributed by atoms with Crippen molar-refractivity contribution in [2.24, 2.45) is 0 Å². The summed E-state index contributed by atoms with van der Waals surface area (Å²) >= 11 is 13.5. The molecule has 0 spiro atoms. The normalized spacial score (nSPS) is 12.5. The number of hydrogen-bond acceptors (Lipinski definition) is 0. The molecule has 0 aromatic heterocycles. The number of benzene rings is 4. The molecule has 0 unspecified atom stereocenters. The lowest BCUT2D eigenvalue weighted by Crippen LogP contribution is -2.75. The van der Waals surface area contributed by atoms with Gasteiger partial charge >= 0.3 is 0 Å². The van der Waals surface area contributed by atoms with Gasteiger partial charge in [0, 0.05) is 0 Å². The van der Waals surface area contributed by atoms with E-state index in [1.54, 1.807) is 0 Å². The number of rotatable bonds is 6. The van der Waals surface area contributed by atoms with Crippen LogP contribution < -0.4 is 32.2 Å². The molecule has 33 heavy (non-hydrogen) atoms. The molecule has 0 aliphatic rings. The van der Waals surface area contributed by atoms with Crippen molar-refractivity contribution in [2.45, 2.75) is 26.2 Å². The van der Waals surface area contributed by atoms with Crippen LogP contribution in [0, 0.1) is 0 Å². The Labute approximate surface area is 209 Å². The summed E-state index contributed by atoms with van der Waals surface area (Å²) in [6.07, 6.45) is -1.38. The first-order chi connectivity index (χ1) is 15.6. The van der Waals surface area contributed by atoms with Gasteiger partial charge in [-0.15, -0.1) is 0 Å². The van der Waals surface area contributed by atoms with E-state index in [0.717, 1.165) is 0 Å². The maximum atomic E-state index is 6.77. The zero-order valence-corrected chi connectivity index (χ0v) is 23.2. The Bertz CT molecular complexity index is 1100. The molecule has 0 aliphatic heterocycles. The van der Waals surface area contributed by atoms with Gasteiger partial charge in [0.2, 0.25) is 0 Å². The van der Waals surface area contributed by atoms with Crippen LogP contribution in [0.1, 0.15) is 0 Å². The zero-order valence-electron chi connectivity index (χ0n) is 19.7. The van der Waals surface area contributed by atoms with E-state index >= 15 is 0 Å². The van der Waals surface area contributed by atoms with E-state index in [1.807, 2.05) is 0 Å². The largest absolute Gasteiger partial charge is 0.195 e. The summed E-state index contributed by atoms with van der Waals surface area (Å²) < 4.78 is 0. The van der Waals surface area contributed by atoms with Gasteiger partial charge in [0.1, 0.15) is 6.15 Å². The van der Waals surface area contributed by atoms with Crippen LogP contribution in [0.4, 0.5) is 0 Å². The van der Waals surface area contributed by atoms with Gasteiger partial charge in [-0.3, -0.25) is 0 Å². The highest BCUT2D eigenvalue weighted by atomic mass is 35.6. The molecule has 0 amide bonds. The molecule has 0 saturated heterocycles. The third-order valence-corrected chi connectivity index (χ3v) is 11.5. The molecule has 0 heterocycles. The molecule has 4 aromatic carbocycles. The van der Waals surface area contributed by atoms with Crippen LogP contribution >= 0.6 is 22.2 Å². The second-order valence-electron chi connectivity index (χ2n) is 9.88. The summed E-state index contributed by atoms with van der Waals surface area (Å²) in [5, 5.41) is 2.51. The standard InChI is InChI=1S/C28H30BCl2Si2/c1-32(2,30)27-19-15-25(16-20-27)29(23-11-7-5-8-12-23,24-13-9-6-10-14-24)26-17-21-28(22-18-26)33(3,4)31/h5-22H,1-4H3/q-1. The molecule has 5 heteroatoms. The van der Waals surface area contributed by atoms with Crippen molar-refractivity contribution in [2.75, 3.05) is 0 Å². The Morgan fingerprint density at radius 2 is 0.697 bits per heavy atom. The highest BCUT2D eigenvalue weighted by Crippen LogP contribution is 2.13. The summed E-state index contributed by atoms with van der Waals surface area (Å²) in [6.45, 7) is 8.69. The lowest BCUT2D eigenvalue weighted by Gasteiger charge is -2.44. The average molecular weight is 504 g/mol. The van der Waals surface area contributed by atoms with Crippen LogP contribution in [0.15, 0.2) is 109 Å². The molecule has 0 radical (unpaired) electrons. The summed E-state index contributed by atoms with van der Waals surface area (Å²) in [5.41, 5.74) is 5.19. The van der Waals surface area contributed by atoms with E-state index in [0.29, 0.717) is 0 Å². The molecule has 0 fully saturated rings. The van der Waals surface area contributed by atoms with Crippen LogP contribution in [0.5, 0.6) is 0 Å². The van der Waals surface area contributed by atoms with E-state index in [-0.39, 0.29) is 0 Å². The van der Waals surface area contributed by atoms with Gasteiger partial charge in [-0.1, -0.05) is 135 Å². The van der Waals surface area contributed by atoms with Gasteiger partial charge in [0.05, 0.1) is 0 Å². The lowest BCUT2D eigenvalue weighted by atomic mass is 9.13. The fraction of sp³-hybridized carbons (Fsp3) is 0.143. The third kappa shape index (κ3) is 4.78. The van der Waals surface area contributed by atoms with Crippen molar-refractivity contribution >= 4 is 75.3 Å². The van der Waals surface area contributed by atoms with Gasteiger partial charge in [-0.2, -0.15) is 44.0 Å². The summed E-state index contributed by atoms with van der Waals surface area (Å²) in [5.74, 6) is 0. The van der Waals surface area contributed by atoms with E-state index in [1.165, 1.54) is 32.2 Å². The second kappa shape index (κ2) is 9.31. The van der Waals surface area contributed by atoms with Crippen LogP contribution in [0.2, 0.25) is 26.2 Å². The topological polar surface area (TPSA) is 0 Å². The fourth-order valence-electron chi connectivity index (χ4n) is 4.97. The smallest absolute Gasteiger partial charge is 0.180 e. The Balaban J connectivity index is 2.04. The van der Waals surface area contributed by atoms with Gasteiger partial charge in [-0.25, -0.2) is 0 Å².